The molecule has 1 unspecified atom stereocenters. The third-order valence-corrected chi connectivity index (χ3v) is 3.44. The molecule has 1 saturated carbocycles. The Labute approximate surface area is 111 Å². The van der Waals surface area contributed by atoms with Crippen LogP contribution in [0.3, 0.4) is 0 Å². The molecule has 2 aromatic rings. The molecule has 3 rings (SSSR count). The second-order valence-corrected chi connectivity index (χ2v) is 4.92. The molecule has 0 saturated heterocycles. The monoisotopic (exact) mass is 261 g/mol. The lowest BCUT2D eigenvalue weighted by Crippen LogP contribution is -2.25. The molecular formula is C14H16FN3O. The molecule has 1 aromatic carbocycles. The molecule has 5 heteroatoms. The Balaban J connectivity index is 1.60. The van der Waals surface area contributed by atoms with Gasteiger partial charge in [-0.1, -0.05) is 17.3 Å². The van der Waals surface area contributed by atoms with E-state index in [0.717, 1.165) is 18.5 Å². The van der Waals surface area contributed by atoms with E-state index in [9.17, 15) is 4.39 Å². The summed E-state index contributed by atoms with van der Waals surface area (Å²) in [6, 6.07) is 7.06. The number of aromatic nitrogens is 2. The topological polar surface area (TPSA) is 51.0 Å². The summed E-state index contributed by atoms with van der Waals surface area (Å²) in [7, 11) is 0. The van der Waals surface area contributed by atoms with Crippen molar-refractivity contribution in [3.8, 4) is 0 Å². The summed E-state index contributed by atoms with van der Waals surface area (Å²) >= 11 is 0. The van der Waals surface area contributed by atoms with Crippen molar-refractivity contribution in [2.24, 2.45) is 5.92 Å². The number of nitrogens with zero attached hydrogens (tertiary/aromatic N) is 2. The first kappa shape index (κ1) is 12.3. The first-order valence-electron chi connectivity index (χ1n) is 6.57. The molecule has 0 radical (unpaired) electrons. The van der Waals surface area contributed by atoms with Crippen LogP contribution in [0.4, 0.5) is 4.39 Å². The van der Waals surface area contributed by atoms with Crippen LogP contribution in [0.1, 0.15) is 30.3 Å². The van der Waals surface area contributed by atoms with E-state index in [-0.39, 0.29) is 5.82 Å². The third kappa shape index (κ3) is 3.17. The van der Waals surface area contributed by atoms with Crippen molar-refractivity contribution in [2.75, 3.05) is 6.54 Å². The van der Waals surface area contributed by atoms with Crippen molar-refractivity contribution in [1.82, 2.24) is 15.5 Å². The molecule has 1 atom stereocenters. The summed E-state index contributed by atoms with van der Waals surface area (Å²) in [5.74, 6) is 1.18. The smallest absolute Gasteiger partial charge is 0.213 e. The summed E-state index contributed by atoms with van der Waals surface area (Å²) in [5, 5.41) is 7.29. The second-order valence-electron chi connectivity index (χ2n) is 4.92. The second kappa shape index (κ2) is 5.48. The minimum absolute atomic E-state index is 0.190. The van der Waals surface area contributed by atoms with Crippen LogP contribution in [-0.2, 0) is 6.42 Å². The fourth-order valence-corrected chi connectivity index (χ4v) is 2.30. The highest BCUT2D eigenvalue weighted by Gasteiger charge is 2.31. The molecule has 0 spiro atoms. The van der Waals surface area contributed by atoms with E-state index in [4.69, 9.17) is 4.52 Å². The number of hydrogen-bond donors (Lipinski definition) is 1. The van der Waals surface area contributed by atoms with Gasteiger partial charge in [0.15, 0.2) is 5.82 Å². The molecule has 4 nitrogen and oxygen atoms in total. The zero-order valence-electron chi connectivity index (χ0n) is 10.6. The zero-order valence-corrected chi connectivity index (χ0v) is 10.6. The highest BCUT2D eigenvalue weighted by Crippen LogP contribution is 2.40. The Kier molecular flexibility index (Phi) is 3.55. The minimum atomic E-state index is -0.190. The molecular weight excluding hydrogens is 245 g/mol. The fraction of sp³-hybridized carbons (Fsp3) is 0.429. The summed E-state index contributed by atoms with van der Waals surface area (Å²) in [5.41, 5.74) is 1.15. The standard InChI is InChI=1S/C14H16FN3O/c15-12-5-3-11(4-6-12)14(10-1-2-10)16-8-7-13-17-9-19-18-13/h3-6,9-10,14,16H,1-2,7-8H2. The van der Waals surface area contributed by atoms with Crippen molar-refractivity contribution >= 4 is 0 Å². The maximum absolute atomic E-state index is 13.0. The highest BCUT2D eigenvalue weighted by atomic mass is 19.1. The predicted octanol–water partition coefficient (Wildman–Crippen LogP) is 2.49. The van der Waals surface area contributed by atoms with Gasteiger partial charge in [-0.15, -0.1) is 0 Å². The van der Waals surface area contributed by atoms with Gasteiger partial charge in [0.25, 0.3) is 0 Å². The fourth-order valence-electron chi connectivity index (χ4n) is 2.30. The van der Waals surface area contributed by atoms with Crippen molar-refractivity contribution in [3.63, 3.8) is 0 Å². The minimum Gasteiger partial charge on any atom is -0.343 e. The van der Waals surface area contributed by atoms with Crippen molar-refractivity contribution < 1.29 is 8.91 Å². The molecule has 1 heterocycles. The molecule has 19 heavy (non-hydrogen) atoms. The quantitative estimate of drug-likeness (QED) is 0.868. The van der Waals surface area contributed by atoms with E-state index in [2.05, 4.69) is 15.5 Å². The maximum Gasteiger partial charge on any atom is 0.213 e. The highest BCUT2D eigenvalue weighted by molar-refractivity contribution is 5.22. The van der Waals surface area contributed by atoms with E-state index in [1.165, 1.54) is 31.4 Å². The molecule has 1 aliphatic rings. The van der Waals surface area contributed by atoms with Crippen molar-refractivity contribution in [2.45, 2.75) is 25.3 Å². The summed E-state index contributed by atoms with van der Waals surface area (Å²) in [6.45, 7) is 0.790. The molecule has 100 valence electrons. The van der Waals surface area contributed by atoms with Crippen LogP contribution in [0.25, 0.3) is 0 Å². The Morgan fingerprint density at radius 1 is 1.32 bits per heavy atom. The van der Waals surface area contributed by atoms with E-state index in [1.807, 2.05) is 12.1 Å². The van der Waals surface area contributed by atoms with E-state index in [1.54, 1.807) is 0 Å². The Hall–Kier alpha value is -1.75. The normalized spacial score (nSPS) is 16.5. The first-order valence-corrected chi connectivity index (χ1v) is 6.57. The lowest BCUT2D eigenvalue weighted by atomic mass is 10.0. The van der Waals surface area contributed by atoms with Gasteiger partial charge in [0.1, 0.15) is 5.82 Å². The van der Waals surface area contributed by atoms with Gasteiger partial charge in [-0.25, -0.2) is 4.39 Å². The first-order chi connectivity index (χ1) is 9.33. The van der Waals surface area contributed by atoms with Crippen LogP contribution in [0.5, 0.6) is 0 Å². The molecule has 0 bridgehead atoms. The van der Waals surface area contributed by atoms with Gasteiger partial charge in [-0.05, 0) is 36.5 Å². The van der Waals surface area contributed by atoms with Gasteiger partial charge in [0.05, 0.1) is 0 Å². The molecule has 0 amide bonds. The number of nitrogens with one attached hydrogen (secondary N) is 1. The van der Waals surface area contributed by atoms with E-state index in [0.29, 0.717) is 17.8 Å². The third-order valence-electron chi connectivity index (χ3n) is 3.44. The molecule has 1 fully saturated rings. The summed E-state index contributed by atoms with van der Waals surface area (Å²) in [4.78, 5) is 3.99. The molecule has 1 aromatic heterocycles. The average molecular weight is 261 g/mol. The lowest BCUT2D eigenvalue weighted by molar-refractivity contribution is 0.407. The number of hydrogen-bond acceptors (Lipinski definition) is 4. The van der Waals surface area contributed by atoms with Crippen LogP contribution in [0.15, 0.2) is 35.2 Å². The average Bonchev–Trinajstić information content (AvgIpc) is 3.13. The summed E-state index contributed by atoms with van der Waals surface area (Å²) < 4.78 is 17.7. The van der Waals surface area contributed by atoms with Gasteiger partial charge in [0, 0.05) is 19.0 Å². The molecule has 0 aliphatic heterocycles. The van der Waals surface area contributed by atoms with Gasteiger partial charge in [0.2, 0.25) is 6.39 Å². The molecule has 1 aliphatic carbocycles. The number of rotatable bonds is 6. The Morgan fingerprint density at radius 3 is 2.74 bits per heavy atom. The molecule has 1 N–H and O–H groups in total. The van der Waals surface area contributed by atoms with Crippen LogP contribution in [0.2, 0.25) is 0 Å². The van der Waals surface area contributed by atoms with Gasteiger partial charge in [-0.2, -0.15) is 4.98 Å². The van der Waals surface area contributed by atoms with Crippen molar-refractivity contribution in [1.29, 1.82) is 0 Å². The Morgan fingerprint density at radius 2 is 2.11 bits per heavy atom. The van der Waals surface area contributed by atoms with Gasteiger partial charge < -0.3 is 9.84 Å². The zero-order chi connectivity index (χ0) is 13.1. The van der Waals surface area contributed by atoms with Crippen LogP contribution >= 0.6 is 0 Å². The largest absolute Gasteiger partial charge is 0.343 e. The van der Waals surface area contributed by atoms with Crippen LogP contribution < -0.4 is 5.32 Å². The lowest BCUT2D eigenvalue weighted by Gasteiger charge is -2.18. The van der Waals surface area contributed by atoms with Crippen LogP contribution in [0, 0.1) is 11.7 Å². The predicted molar refractivity (Wildman–Crippen MR) is 67.9 cm³/mol. The van der Waals surface area contributed by atoms with Gasteiger partial charge in [-0.3, -0.25) is 0 Å². The number of halogens is 1. The summed E-state index contributed by atoms with van der Waals surface area (Å²) in [6.07, 6.45) is 4.54. The number of benzene rings is 1. The SMILES string of the molecule is Fc1ccc(C(NCCc2ncon2)C2CC2)cc1. The van der Waals surface area contributed by atoms with E-state index >= 15 is 0 Å². The van der Waals surface area contributed by atoms with E-state index < -0.39 is 0 Å². The maximum atomic E-state index is 13.0. The Bertz CT molecular complexity index is 508. The van der Waals surface area contributed by atoms with Crippen molar-refractivity contribution in [3.05, 3.63) is 47.9 Å². The van der Waals surface area contributed by atoms with Gasteiger partial charge >= 0.3 is 0 Å². The van der Waals surface area contributed by atoms with Crippen LogP contribution in [-0.4, -0.2) is 16.7 Å².